The number of hydrogen-bond donors (Lipinski definition) is 1. The number of benzene rings is 1. The van der Waals surface area contributed by atoms with E-state index < -0.39 is 0 Å². The third-order valence-electron chi connectivity index (χ3n) is 4.46. The van der Waals surface area contributed by atoms with Gasteiger partial charge in [-0.3, -0.25) is 0 Å². The fourth-order valence-corrected chi connectivity index (χ4v) is 3.31. The van der Waals surface area contributed by atoms with Gasteiger partial charge < -0.3 is 14.7 Å². The maximum Gasteiger partial charge on any atom is 0.322 e. The van der Waals surface area contributed by atoms with Gasteiger partial charge >= 0.3 is 6.03 Å². The van der Waals surface area contributed by atoms with Crippen molar-refractivity contribution in [2.75, 3.05) is 11.9 Å². The molecule has 9 nitrogen and oxygen atoms in total. The molecule has 1 aliphatic heterocycles. The first-order valence-corrected chi connectivity index (χ1v) is 9.08. The van der Waals surface area contributed by atoms with Crippen molar-refractivity contribution >= 4 is 23.3 Å². The Morgan fingerprint density at radius 2 is 2.33 bits per heavy atom. The van der Waals surface area contributed by atoms with Crippen LogP contribution in [0, 0.1) is 0 Å². The van der Waals surface area contributed by atoms with Crippen LogP contribution in [-0.4, -0.2) is 42.4 Å². The normalized spacial score (nSPS) is 16.7. The summed E-state index contributed by atoms with van der Waals surface area (Å²) in [7, 11) is 0. The summed E-state index contributed by atoms with van der Waals surface area (Å²) in [6.07, 6.45) is 5.32. The Labute approximate surface area is 160 Å². The number of likely N-dealkylation sites (tertiary alicyclic amines) is 1. The van der Waals surface area contributed by atoms with E-state index in [1.54, 1.807) is 34.1 Å². The first-order valence-electron chi connectivity index (χ1n) is 8.70. The number of carbonyl (C=O) groups excluding carboxylic acids is 1. The van der Waals surface area contributed by atoms with Gasteiger partial charge in [0.05, 0.1) is 11.4 Å². The first-order chi connectivity index (χ1) is 13.2. The van der Waals surface area contributed by atoms with Crippen molar-refractivity contribution in [1.82, 2.24) is 29.8 Å². The minimum atomic E-state index is -0.252. The zero-order valence-corrected chi connectivity index (χ0v) is 15.4. The monoisotopic (exact) mass is 387 g/mol. The van der Waals surface area contributed by atoms with Crippen LogP contribution in [0.1, 0.15) is 37.5 Å². The van der Waals surface area contributed by atoms with E-state index in [1.807, 2.05) is 6.92 Å². The molecular weight excluding hydrogens is 370 g/mol. The zero-order chi connectivity index (χ0) is 18.8. The largest absolute Gasteiger partial charge is 0.337 e. The number of nitrogens with one attached hydrogen (secondary N) is 1. The van der Waals surface area contributed by atoms with Gasteiger partial charge in [-0.2, -0.15) is 10.1 Å². The molecule has 0 bridgehead atoms. The standard InChI is InChI=1S/C17H18ClN7O2/c1-2-15-22-16(27-23-15)14-4-3-7-24(14)17(26)21-12-8-11(18)5-6-13(12)25-10-19-9-20-25/h5-6,8-10,14H,2-4,7H2,1H3,(H,21,26)/t14-/m0/s1. The van der Waals surface area contributed by atoms with E-state index in [0.717, 1.165) is 12.8 Å². The number of anilines is 1. The van der Waals surface area contributed by atoms with Crippen LogP contribution >= 0.6 is 11.6 Å². The van der Waals surface area contributed by atoms with Crippen molar-refractivity contribution in [3.8, 4) is 5.69 Å². The number of rotatable bonds is 4. The first kappa shape index (κ1) is 17.5. The summed E-state index contributed by atoms with van der Waals surface area (Å²) in [5, 5.41) is 11.5. The molecular formula is C17H18ClN7O2. The van der Waals surface area contributed by atoms with Crippen LogP contribution in [0.2, 0.25) is 5.02 Å². The lowest BCUT2D eigenvalue weighted by molar-refractivity contribution is 0.193. The Hall–Kier alpha value is -2.94. The van der Waals surface area contributed by atoms with E-state index in [4.69, 9.17) is 16.1 Å². The smallest absolute Gasteiger partial charge is 0.322 e. The van der Waals surface area contributed by atoms with Crippen LogP contribution in [0.15, 0.2) is 35.4 Å². The van der Waals surface area contributed by atoms with E-state index >= 15 is 0 Å². The summed E-state index contributed by atoms with van der Waals surface area (Å²) in [5.74, 6) is 1.11. The average molecular weight is 388 g/mol. The van der Waals surface area contributed by atoms with Crippen LogP contribution in [-0.2, 0) is 6.42 Å². The second-order valence-electron chi connectivity index (χ2n) is 6.19. The molecule has 27 heavy (non-hydrogen) atoms. The lowest BCUT2D eigenvalue weighted by atomic mass is 10.2. The number of aromatic nitrogens is 5. The van der Waals surface area contributed by atoms with Gasteiger partial charge in [-0.25, -0.2) is 14.5 Å². The molecule has 1 atom stereocenters. The Morgan fingerprint density at radius 3 is 3.07 bits per heavy atom. The van der Waals surface area contributed by atoms with Crippen LogP contribution in [0.3, 0.4) is 0 Å². The molecule has 4 rings (SSSR count). The van der Waals surface area contributed by atoms with Crippen molar-refractivity contribution in [1.29, 1.82) is 0 Å². The Morgan fingerprint density at radius 1 is 1.44 bits per heavy atom. The zero-order valence-electron chi connectivity index (χ0n) is 14.7. The highest BCUT2D eigenvalue weighted by molar-refractivity contribution is 6.31. The summed E-state index contributed by atoms with van der Waals surface area (Å²) < 4.78 is 6.91. The van der Waals surface area contributed by atoms with Gasteiger partial charge in [0.15, 0.2) is 5.82 Å². The number of halogens is 1. The van der Waals surface area contributed by atoms with Crippen LogP contribution in [0.4, 0.5) is 10.5 Å². The molecule has 0 spiro atoms. The molecule has 3 heterocycles. The van der Waals surface area contributed by atoms with E-state index in [-0.39, 0.29) is 12.1 Å². The predicted molar refractivity (Wildman–Crippen MR) is 97.7 cm³/mol. The van der Waals surface area contributed by atoms with Crippen molar-refractivity contribution in [2.45, 2.75) is 32.2 Å². The molecule has 2 aromatic heterocycles. The molecule has 1 fully saturated rings. The summed E-state index contributed by atoms with van der Waals surface area (Å²) in [5.41, 5.74) is 1.22. The lowest BCUT2D eigenvalue weighted by Gasteiger charge is -2.23. The second kappa shape index (κ2) is 7.36. The lowest BCUT2D eigenvalue weighted by Crippen LogP contribution is -2.34. The molecule has 140 valence electrons. The molecule has 0 aliphatic carbocycles. The number of carbonyl (C=O) groups is 1. The summed E-state index contributed by atoms with van der Waals surface area (Å²) in [4.78, 5) is 23.0. The molecule has 1 aliphatic rings. The molecule has 2 amide bonds. The molecule has 0 saturated carbocycles. The molecule has 10 heteroatoms. The molecule has 1 saturated heterocycles. The van der Waals surface area contributed by atoms with E-state index in [2.05, 4.69) is 25.5 Å². The third-order valence-corrected chi connectivity index (χ3v) is 4.70. The summed E-state index contributed by atoms with van der Waals surface area (Å²) in [6.45, 7) is 2.57. The second-order valence-corrected chi connectivity index (χ2v) is 6.62. The Kier molecular flexibility index (Phi) is 4.76. The molecule has 0 unspecified atom stereocenters. The highest BCUT2D eigenvalue weighted by Crippen LogP contribution is 2.32. The number of hydrogen-bond acceptors (Lipinski definition) is 6. The summed E-state index contributed by atoms with van der Waals surface area (Å²) in [6, 6.07) is 4.71. The van der Waals surface area contributed by atoms with Gasteiger partial charge in [0.2, 0.25) is 5.89 Å². The molecule has 1 aromatic carbocycles. The predicted octanol–water partition coefficient (Wildman–Crippen LogP) is 3.24. The van der Waals surface area contributed by atoms with Gasteiger partial charge in [-0.15, -0.1) is 0 Å². The quantitative estimate of drug-likeness (QED) is 0.737. The fraction of sp³-hybridized carbons (Fsp3) is 0.353. The fourth-order valence-electron chi connectivity index (χ4n) is 3.14. The summed E-state index contributed by atoms with van der Waals surface area (Å²) >= 11 is 6.12. The molecule has 1 N–H and O–H groups in total. The average Bonchev–Trinajstić information content (AvgIpc) is 3.41. The Bertz CT molecular complexity index is 941. The third kappa shape index (κ3) is 3.50. The SMILES string of the molecule is CCc1noc([C@@H]2CCCN2C(=O)Nc2cc(Cl)ccc2-n2cncn2)n1. The van der Waals surface area contributed by atoms with Crippen LogP contribution < -0.4 is 5.32 Å². The van der Waals surface area contributed by atoms with Crippen LogP contribution in [0.25, 0.3) is 5.69 Å². The van der Waals surface area contributed by atoms with Crippen molar-refractivity contribution in [2.24, 2.45) is 0 Å². The van der Waals surface area contributed by atoms with Gasteiger partial charge in [0, 0.05) is 18.0 Å². The maximum atomic E-state index is 12.9. The Balaban J connectivity index is 1.58. The topological polar surface area (TPSA) is 102 Å². The van der Waals surface area contributed by atoms with Crippen molar-refractivity contribution in [3.63, 3.8) is 0 Å². The van der Waals surface area contributed by atoms with E-state index in [9.17, 15) is 4.79 Å². The molecule has 0 radical (unpaired) electrons. The van der Waals surface area contributed by atoms with Gasteiger partial charge in [0.25, 0.3) is 0 Å². The minimum Gasteiger partial charge on any atom is -0.337 e. The highest BCUT2D eigenvalue weighted by atomic mass is 35.5. The minimum absolute atomic E-state index is 0.230. The van der Waals surface area contributed by atoms with Gasteiger partial charge in [0.1, 0.15) is 18.7 Å². The number of amides is 2. The van der Waals surface area contributed by atoms with E-state index in [1.165, 1.54) is 6.33 Å². The maximum absolute atomic E-state index is 12.9. The number of urea groups is 1. The van der Waals surface area contributed by atoms with Crippen molar-refractivity contribution in [3.05, 3.63) is 47.6 Å². The molecule has 3 aromatic rings. The number of nitrogens with zero attached hydrogens (tertiary/aromatic N) is 6. The highest BCUT2D eigenvalue weighted by Gasteiger charge is 2.34. The number of aryl methyl sites for hydroxylation is 1. The van der Waals surface area contributed by atoms with Gasteiger partial charge in [-0.1, -0.05) is 23.7 Å². The van der Waals surface area contributed by atoms with Crippen LogP contribution in [0.5, 0.6) is 0 Å². The van der Waals surface area contributed by atoms with Gasteiger partial charge in [-0.05, 0) is 31.0 Å². The van der Waals surface area contributed by atoms with E-state index in [0.29, 0.717) is 41.1 Å². The van der Waals surface area contributed by atoms with Crippen molar-refractivity contribution < 1.29 is 9.32 Å².